The molecule has 0 amide bonds. The van der Waals surface area contributed by atoms with Crippen LogP contribution < -0.4 is 4.74 Å². The third-order valence-corrected chi connectivity index (χ3v) is 4.56. The second-order valence-corrected chi connectivity index (χ2v) is 6.72. The van der Waals surface area contributed by atoms with Gasteiger partial charge in [0, 0.05) is 42.3 Å². The summed E-state index contributed by atoms with van der Waals surface area (Å²) in [6, 6.07) is 5.61. The summed E-state index contributed by atoms with van der Waals surface area (Å²) >= 11 is 0. The van der Waals surface area contributed by atoms with Crippen molar-refractivity contribution >= 4 is 6.21 Å². The number of pyridine rings is 1. The van der Waals surface area contributed by atoms with Crippen molar-refractivity contribution in [2.45, 2.75) is 25.9 Å². The fourth-order valence-corrected chi connectivity index (χ4v) is 3.04. The van der Waals surface area contributed by atoms with E-state index in [9.17, 15) is 18.3 Å². The zero-order chi connectivity index (χ0) is 21.9. The van der Waals surface area contributed by atoms with Crippen LogP contribution in [0.1, 0.15) is 31.0 Å². The molecule has 0 radical (unpaired) electrons. The summed E-state index contributed by atoms with van der Waals surface area (Å²) in [4.78, 5) is 4.08. The minimum atomic E-state index is -4.57. The minimum absolute atomic E-state index is 0.0140. The zero-order valence-electron chi connectivity index (χ0n) is 16.5. The van der Waals surface area contributed by atoms with Gasteiger partial charge in [-0.2, -0.15) is 18.3 Å². The molecular weight excluding hydrogens is 397 g/mol. The SMILES string of the molecule is CCCCOc1ccc(-c2cc(C(F)(F)F)n(C)n2)c(O)c1-c1cncc(C=N)c1. The lowest BCUT2D eigenvalue weighted by molar-refractivity contribution is -0.143. The predicted octanol–water partition coefficient (Wildman–Crippen LogP) is 5.05. The number of rotatable bonds is 7. The molecule has 0 fully saturated rings. The maximum absolute atomic E-state index is 13.2. The van der Waals surface area contributed by atoms with Crippen LogP contribution in [0.25, 0.3) is 22.4 Å². The van der Waals surface area contributed by atoms with Gasteiger partial charge in [0.15, 0.2) is 0 Å². The fraction of sp³-hybridized carbons (Fsp3) is 0.286. The Morgan fingerprint density at radius 1 is 1.23 bits per heavy atom. The van der Waals surface area contributed by atoms with E-state index in [0.29, 0.717) is 29.0 Å². The van der Waals surface area contributed by atoms with Gasteiger partial charge in [-0.25, -0.2) is 0 Å². The summed E-state index contributed by atoms with van der Waals surface area (Å²) in [6.45, 7) is 2.43. The highest BCUT2D eigenvalue weighted by atomic mass is 19.4. The fourth-order valence-electron chi connectivity index (χ4n) is 3.04. The van der Waals surface area contributed by atoms with E-state index >= 15 is 0 Å². The first kappa shape index (κ1) is 21.4. The number of phenols is 1. The Bertz CT molecular complexity index is 1060. The van der Waals surface area contributed by atoms with Crippen LogP contribution in [-0.2, 0) is 13.2 Å². The Hall–Kier alpha value is -3.36. The minimum Gasteiger partial charge on any atom is -0.506 e. The van der Waals surface area contributed by atoms with Gasteiger partial charge in [-0.3, -0.25) is 9.67 Å². The second-order valence-electron chi connectivity index (χ2n) is 6.72. The molecule has 1 aromatic carbocycles. The van der Waals surface area contributed by atoms with Gasteiger partial charge >= 0.3 is 6.18 Å². The number of hydrogen-bond donors (Lipinski definition) is 2. The molecule has 0 saturated heterocycles. The van der Waals surface area contributed by atoms with Gasteiger partial charge < -0.3 is 15.3 Å². The van der Waals surface area contributed by atoms with Crippen LogP contribution in [0.15, 0.2) is 36.7 Å². The lowest BCUT2D eigenvalue weighted by Crippen LogP contribution is -2.11. The van der Waals surface area contributed by atoms with Crippen molar-refractivity contribution in [3.63, 3.8) is 0 Å². The number of halogens is 3. The average molecular weight is 418 g/mol. The Labute approximate surface area is 171 Å². The molecule has 0 unspecified atom stereocenters. The Morgan fingerprint density at radius 3 is 2.63 bits per heavy atom. The molecule has 3 rings (SSSR count). The van der Waals surface area contributed by atoms with E-state index in [2.05, 4.69) is 10.1 Å². The third kappa shape index (κ3) is 4.29. The number of alkyl halides is 3. The van der Waals surface area contributed by atoms with E-state index < -0.39 is 11.9 Å². The first-order chi connectivity index (χ1) is 14.3. The first-order valence-electron chi connectivity index (χ1n) is 9.32. The number of nitrogens with zero attached hydrogens (tertiary/aromatic N) is 3. The van der Waals surface area contributed by atoms with E-state index in [1.54, 1.807) is 12.1 Å². The van der Waals surface area contributed by atoms with E-state index in [1.807, 2.05) is 6.92 Å². The Morgan fingerprint density at radius 2 is 2.00 bits per heavy atom. The van der Waals surface area contributed by atoms with Crippen molar-refractivity contribution in [3.8, 4) is 33.9 Å². The van der Waals surface area contributed by atoms with Gasteiger partial charge in [-0.1, -0.05) is 13.3 Å². The van der Waals surface area contributed by atoms with Gasteiger partial charge in [0.25, 0.3) is 0 Å². The standard InChI is InChI=1S/C21H21F3N4O2/c1-3-4-7-30-17-6-5-15(16-9-18(21(22,23)24)28(2)27-16)20(29)19(17)14-8-13(10-25)11-26-12-14/h5-6,8-12,25,29H,3-4,7H2,1-2H3. The summed E-state index contributed by atoms with van der Waals surface area (Å²) in [5.41, 5.74) is 0.482. The highest BCUT2D eigenvalue weighted by molar-refractivity contribution is 5.87. The summed E-state index contributed by atoms with van der Waals surface area (Å²) < 4.78 is 46.1. The molecule has 3 aromatic rings. The Balaban J connectivity index is 2.16. The van der Waals surface area contributed by atoms with Crippen LogP contribution in [-0.4, -0.2) is 32.7 Å². The molecule has 6 nitrogen and oxygen atoms in total. The van der Waals surface area contributed by atoms with Gasteiger partial charge in [-0.05, 0) is 30.7 Å². The van der Waals surface area contributed by atoms with Gasteiger partial charge in [0.05, 0.1) is 17.9 Å². The summed E-state index contributed by atoms with van der Waals surface area (Å²) in [7, 11) is 1.20. The number of aromatic hydroxyl groups is 1. The van der Waals surface area contributed by atoms with Gasteiger partial charge in [0.1, 0.15) is 17.2 Å². The van der Waals surface area contributed by atoms with Crippen LogP contribution in [0, 0.1) is 5.41 Å². The molecule has 0 aliphatic heterocycles. The van der Waals surface area contributed by atoms with Crippen molar-refractivity contribution in [2.24, 2.45) is 7.05 Å². The van der Waals surface area contributed by atoms with Crippen molar-refractivity contribution in [3.05, 3.63) is 47.9 Å². The molecule has 158 valence electrons. The summed E-state index contributed by atoms with van der Waals surface area (Å²) in [6.07, 6.45) is 1.25. The topological polar surface area (TPSA) is 84.0 Å². The smallest absolute Gasteiger partial charge is 0.433 e. The number of unbranched alkanes of at least 4 members (excludes halogenated alkanes) is 1. The van der Waals surface area contributed by atoms with E-state index in [1.165, 1.54) is 25.5 Å². The molecule has 2 aromatic heterocycles. The van der Waals surface area contributed by atoms with Crippen molar-refractivity contribution < 1.29 is 23.0 Å². The van der Waals surface area contributed by atoms with Crippen LogP contribution in [0.4, 0.5) is 13.2 Å². The maximum Gasteiger partial charge on any atom is 0.433 e. The lowest BCUT2D eigenvalue weighted by atomic mass is 9.99. The number of ether oxygens (including phenoxy) is 1. The summed E-state index contributed by atoms with van der Waals surface area (Å²) in [5.74, 6) is 0.111. The predicted molar refractivity (Wildman–Crippen MR) is 107 cm³/mol. The van der Waals surface area contributed by atoms with Crippen LogP contribution >= 0.6 is 0 Å². The molecule has 0 spiro atoms. The van der Waals surface area contributed by atoms with Crippen LogP contribution in [0.5, 0.6) is 11.5 Å². The number of hydrogen-bond acceptors (Lipinski definition) is 5. The molecule has 0 saturated carbocycles. The number of phenolic OH excluding ortho intramolecular Hbond substituents is 1. The normalized spacial score (nSPS) is 11.5. The van der Waals surface area contributed by atoms with Crippen LogP contribution in [0.3, 0.4) is 0 Å². The van der Waals surface area contributed by atoms with E-state index in [-0.39, 0.29) is 17.0 Å². The molecule has 0 bridgehead atoms. The van der Waals surface area contributed by atoms with Crippen molar-refractivity contribution in [2.75, 3.05) is 6.61 Å². The molecule has 30 heavy (non-hydrogen) atoms. The van der Waals surface area contributed by atoms with E-state index in [4.69, 9.17) is 10.1 Å². The highest BCUT2D eigenvalue weighted by Gasteiger charge is 2.35. The summed E-state index contributed by atoms with van der Waals surface area (Å²) in [5, 5.41) is 22.4. The quantitative estimate of drug-likeness (QED) is 0.415. The van der Waals surface area contributed by atoms with Crippen LogP contribution in [0.2, 0.25) is 0 Å². The van der Waals surface area contributed by atoms with Gasteiger partial charge in [0.2, 0.25) is 0 Å². The first-order valence-corrected chi connectivity index (χ1v) is 9.32. The lowest BCUT2D eigenvalue weighted by Gasteiger charge is -2.15. The van der Waals surface area contributed by atoms with Crippen molar-refractivity contribution in [1.82, 2.24) is 14.8 Å². The molecule has 2 heterocycles. The highest BCUT2D eigenvalue weighted by Crippen LogP contribution is 2.44. The molecule has 0 atom stereocenters. The number of aromatic nitrogens is 3. The molecule has 9 heteroatoms. The number of benzene rings is 1. The van der Waals surface area contributed by atoms with E-state index in [0.717, 1.165) is 29.8 Å². The maximum atomic E-state index is 13.2. The Kier molecular flexibility index (Phi) is 6.09. The van der Waals surface area contributed by atoms with Crippen molar-refractivity contribution in [1.29, 1.82) is 5.41 Å². The molecular formula is C21H21F3N4O2. The average Bonchev–Trinajstić information content (AvgIpc) is 3.10. The number of aryl methyl sites for hydroxylation is 1. The third-order valence-electron chi connectivity index (χ3n) is 4.56. The largest absolute Gasteiger partial charge is 0.506 e. The number of nitrogens with one attached hydrogen (secondary N) is 1. The van der Waals surface area contributed by atoms with Gasteiger partial charge in [-0.15, -0.1) is 0 Å². The second kappa shape index (κ2) is 8.56. The zero-order valence-corrected chi connectivity index (χ0v) is 16.5. The monoisotopic (exact) mass is 418 g/mol. The molecule has 0 aliphatic carbocycles. The molecule has 2 N–H and O–H groups in total. The molecule has 0 aliphatic rings.